The van der Waals surface area contributed by atoms with E-state index in [2.05, 4.69) is 0 Å². The van der Waals surface area contributed by atoms with Gasteiger partial charge in [-0.05, 0) is 18.8 Å². The van der Waals surface area contributed by atoms with E-state index in [0.29, 0.717) is 6.42 Å². The summed E-state index contributed by atoms with van der Waals surface area (Å²) in [6.45, 7) is 3.73. The van der Waals surface area contributed by atoms with Crippen molar-refractivity contribution in [2.75, 3.05) is 0 Å². The van der Waals surface area contributed by atoms with Crippen molar-refractivity contribution in [1.82, 2.24) is 0 Å². The van der Waals surface area contributed by atoms with Crippen LogP contribution < -0.4 is 5.73 Å². The molecule has 0 aliphatic rings. The highest BCUT2D eigenvalue weighted by Gasteiger charge is 2.41. The normalized spacial score (nSPS) is 14.7. The van der Waals surface area contributed by atoms with Crippen molar-refractivity contribution in [3.63, 3.8) is 0 Å². The lowest BCUT2D eigenvalue weighted by Gasteiger charge is -2.13. The molecule has 0 spiro atoms. The predicted octanol–water partition coefficient (Wildman–Crippen LogP) is 1.88. The summed E-state index contributed by atoms with van der Waals surface area (Å²) in [4.78, 5) is 10.5. The monoisotopic (exact) mass is 197 g/mol. The molecule has 0 aromatic rings. The first-order valence-electron chi connectivity index (χ1n) is 4.11. The summed E-state index contributed by atoms with van der Waals surface area (Å²) >= 11 is 0. The Bertz CT molecular complexity index is 177. The Labute approximate surface area is 75.3 Å². The minimum absolute atomic E-state index is 0.0933. The van der Waals surface area contributed by atoms with Crippen LogP contribution in [0.5, 0.6) is 0 Å². The molecule has 0 saturated heterocycles. The van der Waals surface area contributed by atoms with Crippen LogP contribution in [0, 0.1) is 5.92 Å². The van der Waals surface area contributed by atoms with E-state index in [4.69, 9.17) is 5.73 Å². The van der Waals surface area contributed by atoms with Crippen molar-refractivity contribution in [1.29, 1.82) is 0 Å². The number of alkyl halides is 3. The van der Waals surface area contributed by atoms with Crippen LogP contribution in [-0.2, 0) is 4.79 Å². The van der Waals surface area contributed by atoms with Gasteiger partial charge in [-0.1, -0.05) is 13.8 Å². The van der Waals surface area contributed by atoms with Gasteiger partial charge in [0.1, 0.15) is 0 Å². The Morgan fingerprint density at radius 1 is 1.31 bits per heavy atom. The van der Waals surface area contributed by atoms with Crippen LogP contribution in [-0.4, -0.2) is 18.0 Å². The molecule has 2 nitrogen and oxygen atoms in total. The van der Waals surface area contributed by atoms with Gasteiger partial charge in [0.15, 0.2) is 0 Å². The summed E-state index contributed by atoms with van der Waals surface area (Å²) in [7, 11) is 0. The van der Waals surface area contributed by atoms with Crippen LogP contribution in [0.4, 0.5) is 13.2 Å². The number of ketones is 1. The second-order valence-electron chi connectivity index (χ2n) is 3.44. The number of rotatable bonds is 4. The highest BCUT2D eigenvalue weighted by molar-refractivity contribution is 5.88. The number of halogens is 3. The summed E-state index contributed by atoms with van der Waals surface area (Å²) in [5.41, 5.74) is 5.08. The maximum Gasteiger partial charge on any atom is 0.451 e. The molecule has 0 aromatic heterocycles. The molecule has 0 amide bonds. The fourth-order valence-electron chi connectivity index (χ4n) is 0.854. The third-order valence-electron chi connectivity index (χ3n) is 1.67. The summed E-state index contributed by atoms with van der Waals surface area (Å²) in [5, 5.41) is 0. The molecular formula is C8H14F3NO. The smallest absolute Gasteiger partial charge is 0.321 e. The average Bonchev–Trinajstić information content (AvgIpc) is 1.96. The minimum Gasteiger partial charge on any atom is -0.321 e. The van der Waals surface area contributed by atoms with E-state index in [1.54, 1.807) is 0 Å². The van der Waals surface area contributed by atoms with Crippen molar-refractivity contribution in [3.8, 4) is 0 Å². The van der Waals surface area contributed by atoms with Gasteiger partial charge in [0.25, 0.3) is 5.78 Å². The topological polar surface area (TPSA) is 43.1 Å². The molecule has 1 unspecified atom stereocenters. The lowest BCUT2D eigenvalue weighted by molar-refractivity contribution is -0.172. The van der Waals surface area contributed by atoms with Crippen LogP contribution in [0.25, 0.3) is 0 Å². The van der Waals surface area contributed by atoms with Gasteiger partial charge in [-0.25, -0.2) is 0 Å². The molecule has 2 N–H and O–H groups in total. The van der Waals surface area contributed by atoms with Crippen LogP contribution in [0.2, 0.25) is 0 Å². The quantitative estimate of drug-likeness (QED) is 0.747. The van der Waals surface area contributed by atoms with Gasteiger partial charge >= 0.3 is 6.18 Å². The second-order valence-corrected chi connectivity index (χ2v) is 3.44. The molecule has 5 heteroatoms. The lowest BCUT2D eigenvalue weighted by Crippen LogP contribution is -2.40. The number of carbonyl (C=O) groups is 1. The second kappa shape index (κ2) is 4.60. The molecule has 0 fully saturated rings. The number of hydrogen-bond donors (Lipinski definition) is 1. The molecule has 78 valence electrons. The first kappa shape index (κ1) is 12.4. The number of hydrogen-bond acceptors (Lipinski definition) is 2. The molecule has 1 atom stereocenters. The maximum absolute atomic E-state index is 11.8. The fourth-order valence-corrected chi connectivity index (χ4v) is 0.854. The van der Waals surface area contributed by atoms with Crippen LogP contribution in [0.15, 0.2) is 0 Å². The largest absolute Gasteiger partial charge is 0.451 e. The molecule has 0 rings (SSSR count). The summed E-state index contributed by atoms with van der Waals surface area (Å²) in [6.07, 6.45) is -4.17. The molecule has 0 heterocycles. The van der Waals surface area contributed by atoms with Gasteiger partial charge in [-0.2, -0.15) is 13.2 Å². The van der Waals surface area contributed by atoms with Gasteiger partial charge in [0.05, 0.1) is 6.04 Å². The zero-order valence-corrected chi connectivity index (χ0v) is 7.69. The van der Waals surface area contributed by atoms with Crippen molar-refractivity contribution >= 4 is 5.78 Å². The van der Waals surface area contributed by atoms with Crippen LogP contribution in [0.3, 0.4) is 0 Å². The van der Waals surface area contributed by atoms with Gasteiger partial charge in [-0.15, -0.1) is 0 Å². The van der Waals surface area contributed by atoms with Crippen LogP contribution in [0.1, 0.15) is 26.7 Å². The Morgan fingerprint density at radius 2 is 1.77 bits per heavy atom. The molecule has 0 radical (unpaired) electrons. The van der Waals surface area contributed by atoms with Crippen molar-refractivity contribution in [3.05, 3.63) is 0 Å². The fraction of sp³-hybridized carbons (Fsp3) is 0.875. The summed E-state index contributed by atoms with van der Waals surface area (Å²) < 4.78 is 35.4. The van der Waals surface area contributed by atoms with Crippen LogP contribution >= 0.6 is 0 Å². The van der Waals surface area contributed by atoms with Gasteiger partial charge < -0.3 is 5.73 Å². The van der Waals surface area contributed by atoms with Gasteiger partial charge in [0.2, 0.25) is 0 Å². The number of carbonyl (C=O) groups excluding carboxylic acids is 1. The summed E-state index contributed by atoms with van der Waals surface area (Å²) in [5.74, 6) is -1.57. The molecule has 0 saturated carbocycles. The molecule has 0 bridgehead atoms. The highest BCUT2D eigenvalue weighted by Crippen LogP contribution is 2.19. The SMILES string of the molecule is CC(C)CCC(N)C(=O)C(F)(F)F. The van der Waals surface area contributed by atoms with E-state index in [1.807, 2.05) is 13.8 Å². The van der Waals surface area contributed by atoms with Gasteiger partial charge in [-0.3, -0.25) is 4.79 Å². The summed E-state index contributed by atoms with van der Waals surface area (Å²) in [6, 6.07) is -1.40. The average molecular weight is 197 g/mol. The van der Waals surface area contributed by atoms with Crippen molar-refractivity contribution in [2.24, 2.45) is 11.7 Å². The standard InChI is InChI=1S/C8H14F3NO/c1-5(2)3-4-6(12)7(13)8(9,10)11/h5-6H,3-4,12H2,1-2H3. The third kappa shape index (κ3) is 4.87. The Morgan fingerprint density at radius 3 is 2.08 bits per heavy atom. The first-order valence-corrected chi connectivity index (χ1v) is 4.11. The van der Waals surface area contributed by atoms with Crippen molar-refractivity contribution in [2.45, 2.75) is 38.9 Å². The molecule has 0 aromatic carbocycles. The minimum atomic E-state index is -4.80. The van der Waals surface area contributed by atoms with E-state index in [1.165, 1.54) is 0 Å². The zero-order chi connectivity index (χ0) is 10.6. The van der Waals surface area contributed by atoms with Crippen molar-refractivity contribution < 1.29 is 18.0 Å². The maximum atomic E-state index is 11.8. The molecule has 13 heavy (non-hydrogen) atoms. The number of Topliss-reactive ketones (excluding diaryl/α,β-unsaturated/α-hetero) is 1. The first-order chi connectivity index (χ1) is 5.75. The van der Waals surface area contributed by atoms with Gasteiger partial charge in [0, 0.05) is 0 Å². The van der Waals surface area contributed by atoms with E-state index in [9.17, 15) is 18.0 Å². The number of nitrogens with two attached hydrogens (primary N) is 1. The lowest BCUT2D eigenvalue weighted by atomic mass is 10.0. The Hall–Kier alpha value is -0.580. The predicted molar refractivity (Wildman–Crippen MR) is 43.1 cm³/mol. The van der Waals surface area contributed by atoms with E-state index in [-0.39, 0.29) is 12.3 Å². The Kier molecular flexibility index (Phi) is 4.39. The molecule has 0 aliphatic heterocycles. The van der Waals surface area contributed by atoms with E-state index >= 15 is 0 Å². The van der Waals surface area contributed by atoms with E-state index < -0.39 is 18.0 Å². The highest BCUT2D eigenvalue weighted by atomic mass is 19.4. The molecule has 0 aliphatic carbocycles. The third-order valence-corrected chi connectivity index (χ3v) is 1.67. The Balaban J connectivity index is 3.98. The molecular weight excluding hydrogens is 183 g/mol. The van der Waals surface area contributed by atoms with E-state index in [0.717, 1.165) is 0 Å². The zero-order valence-electron chi connectivity index (χ0n) is 7.69.